The van der Waals surface area contributed by atoms with Crippen LogP contribution in [0.3, 0.4) is 0 Å². The van der Waals surface area contributed by atoms with E-state index in [2.05, 4.69) is 29.4 Å². The SMILES string of the molecule is CC1(C)CN(C2(CNC(=O)[C@H]3CCCCN3)CCCCC2)CCO1.Cl.Cl. The van der Waals surface area contributed by atoms with Crippen molar-refractivity contribution in [2.45, 2.75) is 82.4 Å². The molecule has 2 heterocycles. The second-order valence-electron chi connectivity index (χ2n) is 8.54. The van der Waals surface area contributed by atoms with Crippen LogP contribution in [0, 0.1) is 0 Å². The molecule has 0 unspecified atom stereocenters. The minimum Gasteiger partial charge on any atom is -0.373 e. The Hall–Kier alpha value is -0.0700. The van der Waals surface area contributed by atoms with Crippen LogP contribution in [0.4, 0.5) is 0 Å². The minimum absolute atomic E-state index is 0. The summed E-state index contributed by atoms with van der Waals surface area (Å²) in [6.45, 7) is 8.87. The number of morpholine rings is 1. The van der Waals surface area contributed by atoms with Crippen molar-refractivity contribution in [3.05, 3.63) is 0 Å². The van der Waals surface area contributed by atoms with Gasteiger partial charge in [0.15, 0.2) is 0 Å². The predicted molar refractivity (Wildman–Crippen MR) is 111 cm³/mol. The fourth-order valence-corrected chi connectivity index (χ4v) is 4.69. The van der Waals surface area contributed by atoms with Gasteiger partial charge in [0.05, 0.1) is 18.2 Å². The van der Waals surface area contributed by atoms with Crippen LogP contribution in [0.2, 0.25) is 0 Å². The van der Waals surface area contributed by atoms with Gasteiger partial charge in [0.25, 0.3) is 0 Å². The number of carbonyl (C=O) groups excluding carboxylic acids is 1. The average Bonchev–Trinajstić information content (AvgIpc) is 2.60. The first-order valence-corrected chi connectivity index (χ1v) is 9.91. The van der Waals surface area contributed by atoms with Crippen molar-refractivity contribution in [3.8, 4) is 0 Å². The van der Waals surface area contributed by atoms with E-state index in [1.54, 1.807) is 0 Å². The summed E-state index contributed by atoms with van der Waals surface area (Å²) < 4.78 is 5.91. The lowest BCUT2D eigenvalue weighted by molar-refractivity contribution is -0.130. The monoisotopic (exact) mass is 409 g/mol. The van der Waals surface area contributed by atoms with Gasteiger partial charge in [-0.2, -0.15) is 0 Å². The number of amides is 1. The third-order valence-electron chi connectivity index (χ3n) is 6.10. The summed E-state index contributed by atoms with van der Waals surface area (Å²) in [5.41, 5.74) is 0.0429. The average molecular weight is 410 g/mol. The van der Waals surface area contributed by atoms with Crippen LogP contribution in [-0.4, -0.2) is 60.8 Å². The molecule has 2 N–H and O–H groups in total. The molecule has 0 spiro atoms. The first-order chi connectivity index (χ1) is 11.5. The standard InChI is InChI=1S/C19H35N3O2.2ClH/c1-18(2)15-22(12-13-24-18)19(9-5-3-6-10-19)14-21-17(23)16-8-4-7-11-20-16;;/h16,20H,3-15H2,1-2H3,(H,21,23);2*1H/t16-;;/m1../s1. The molecule has 1 aliphatic carbocycles. The second kappa shape index (κ2) is 10.5. The van der Waals surface area contributed by atoms with E-state index < -0.39 is 0 Å². The van der Waals surface area contributed by atoms with Crippen molar-refractivity contribution >= 4 is 30.7 Å². The van der Waals surface area contributed by atoms with Crippen LogP contribution in [0.15, 0.2) is 0 Å². The number of hydrogen-bond acceptors (Lipinski definition) is 4. The zero-order valence-electron chi connectivity index (χ0n) is 16.3. The number of ether oxygens (including phenoxy) is 1. The summed E-state index contributed by atoms with van der Waals surface area (Å²) in [7, 11) is 0. The molecule has 3 rings (SSSR count). The van der Waals surface area contributed by atoms with Crippen molar-refractivity contribution in [2.24, 2.45) is 0 Å². The van der Waals surface area contributed by atoms with Gasteiger partial charge < -0.3 is 15.4 Å². The lowest BCUT2D eigenvalue weighted by atomic mass is 9.79. The number of hydrogen-bond donors (Lipinski definition) is 2. The van der Waals surface area contributed by atoms with E-state index in [1.807, 2.05) is 0 Å². The van der Waals surface area contributed by atoms with E-state index >= 15 is 0 Å². The fraction of sp³-hybridized carbons (Fsp3) is 0.947. The molecule has 0 bridgehead atoms. The topological polar surface area (TPSA) is 53.6 Å². The number of carbonyl (C=O) groups is 1. The summed E-state index contributed by atoms with van der Waals surface area (Å²) in [5, 5.41) is 6.67. The maximum Gasteiger partial charge on any atom is 0.237 e. The fourth-order valence-electron chi connectivity index (χ4n) is 4.69. The zero-order chi connectivity index (χ0) is 17.0. The highest BCUT2D eigenvalue weighted by atomic mass is 35.5. The Morgan fingerprint density at radius 2 is 1.88 bits per heavy atom. The maximum atomic E-state index is 12.6. The molecular formula is C19H37Cl2N3O2. The van der Waals surface area contributed by atoms with Crippen LogP contribution in [0.1, 0.15) is 65.2 Å². The van der Waals surface area contributed by atoms with Crippen molar-refractivity contribution in [1.82, 2.24) is 15.5 Å². The molecule has 7 heteroatoms. The Kier molecular flexibility index (Phi) is 9.65. The van der Waals surface area contributed by atoms with E-state index in [0.29, 0.717) is 0 Å². The molecule has 154 valence electrons. The van der Waals surface area contributed by atoms with Crippen LogP contribution in [-0.2, 0) is 9.53 Å². The van der Waals surface area contributed by atoms with E-state index in [-0.39, 0.29) is 47.9 Å². The Morgan fingerprint density at radius 3 is 2.50 bits per heavy atom. The third kappa shape index (κ3) is 5.96. The summed E-state index contributed by atoms with van der Waals surface area (Å²) in [4.78, 5) is 15.2. The molecule has 26 heavy (non-hydrogen) atoms. The van der Waals surface area contributed by atoms with Gasteiger partial charge in [-0.25, -0.2) is 0 Å². The van der Waals surface area contributed by atoms with Gasteiger partial charge in [-0.1, -0.05) is 25.7 Å². The summed E-state index contributed by atoms with van der Waals surface area (Å²) in [5.74, 6) is 0.201. The highest BCUT2D eigenvalue weighted by Crippen LogP contribution is 2.36. The minimum atomic E-state index is -0.0857. The van der Waals surface area contributed by atoms with E-state index in [9.17, 15) is 4.79 Å². The summed E-state index contributed by atoms with van der Waals surface area (Å²) in [6, 6.07) is 0.0144. The van der Waals surface area contributed by atoms with Gasteiger partial charge in [-0.05, 0) is 46.1 Å². The summed E-state index contributed by atoms with van der Waals surface area (Å²) in [6.07, 6.45) is 9.59. The highest BCUT2D eigenvalue weighted by Gasteiger charge is 2.42. The largest absolute Gasteiger partial charge is 0.373 e. The Morgan fingerprint density at radius 1 is 1.15 bits per heavy atom. The van der Waals surface area contributed by atoms with Crippen LogP contribution >= 0.6 is 24.8 Å². The number of rotatable bonds is 4. The van der Waals surface area contributed by atoms with Gasteiger partial charge in [0.1, 0.15) is 0 Å². The van der Waals surface area contributed by atoms with Crippen LogP contribution < -0.4 is 10.6 Å². The Labute approximate surface area is 171 Å². The van der Waals surface area contributed by atoms with Gasteiger partial charge >= 0.3 is 0 Å². The summed E-state index contributed by atoms with van der Waals surface area (Å²) >= 11 is 0. The molecular weight excluding hydrogens is 373 g/mol. The van der Waals surface area contributed by atoms with Crippen molar-refractivity contribution in [1.29, 1.82) is 0 Å². The Balaban J connectivity index is 0.00000169. The number of piperidine rings is 1. The molecule has 3 fully saturated rings. The van der Waals surface area contributed by atoms with Gasteiger partial charge in [0.2, 0.25) is 5.91 Å². The molecule has 1 amide bonds. The third-order valence-corrected chi connectivity index (χ3v) is 6.10. The smallest absolute Gasteiger partial charge is 0.237 e. The molecule has 0 radical (unpaired) electrons. The van der Waals surface area contributed by atoms with E-state index in [1.165, 1.54) is 38.5 Å². The normalized spacial score (nSPS) is 28.3. The van der Waals surface area contributed by atoms with Gasteiger partial charge in [-0.15, -0.1) is 24.8 Å². The lowest BCUT2D eigenvalue weighted by Crippen LogP contribution is -2.63. The quantitative estimate of drug-likeness (QED) is 0.749. The molecule has 2 aliphatic heterocycles. The molecule has 0 aromatic carbocycles. The van der Waals surface area contributed by atoms with Crippen molar-refractivity contribution in [2.75, 3.05) is 32.8 Å². The van der Waals surface area contributed by atoms with Crippen molar-refractivity contribution in [3.63, 3.8) is 0 Å². The Bertz CT molecular complexity index is 437. The lowest BCUT2D eigenvalue weighted by Gasteiger charge is -2.51. The number of nitrogens with one attached hydrogen (secondary N) is 2. The van der Waals surface area contributed by atoms with E-state index in [0.717, 1.165) is 45.6 Å². The maximum absolute atomic E-state index is 12.6. The molecule has 5 nitrogen and oxygen atoms in total. The van der Waals surface area contributed by atoms with Gasteiger partial charge in [-0.3, -0.25) is 9.69 Å². The van der Waals surface area contributed by atoms with Crippen LogP contribution in [0.5, 0.6) is 0 Å². The highest BCUT2D eigenvalue weighted by molar-refractivity contribution is 5.85. The first-order valence-electron chi connectivity index (χ1n) is 9.91. The van der Waals surface area contributed by atoms with Crippen molar-refractivity contribution < 1.29 is 9.53 Å². The molecule has 1 saturated carbocycles. The molecule has 1 atom stereocenters. The molecule has 3 aliphatic rings. The molecule has 0 aromatic heterocycles. The second-order valence-corrected chi connectivity index (χ2v) is 8.54. The predicted octanol–water partition coefficient (Wildman–Crippen LogP) is 2.90. The van der Waals surface area contributed by atoms with Crippen LogP contribution in [0.25, 0.3) is 0 Å². The first kappa shape index (κ1) is 24.0. The molecule has 0 aromatic rings. The number of halogens is 2. The van der Waals surface area contributed by atoms with E-state index in [4.69, 9.17) is 4.74 Å². The van der Waals surface area contributed by atoms with Gasteiger partial charge in [0, 0.05) is 25.2 Å². The zero-order valence-corrected chi connectivity index (χ0v) is 18.0. The number of nitrogens with zero attached hydrogens (tertiary/aromatic N) is 1. The molecule has 2 saturated heterocycles.